The second kappa shape index (κ2) is 8.44. The Morgan fingerprint density at radius 3 is 2.43 bits per heavy atom. The molecule has 0 aliphatic carbocycles. The first kappa shape index (κ1) is 17.2. The lowest BCUT2D eigenvalue weighted by Crippen LogP contribution is -2.38. The Labute approximate surface area is 127 Å². The predicted molar refractivity (Wildman–Crippen MR) is 86.7 cm³/mol. The maximum atomic E-state index is 12.0. The summed E-state index contributed by atoms with van der Waals surface area (Å²) in [4.78, 5) is 20.6. The molecule has 1 heterocycles. The second-order valence-corrected chi connectivity index (χ2v) is 5.33. The second-order valence-electron chi connectivity index (χ2n) is 5.33. The fourth-order valence-electron chi connectivity index (χ4n) is 2.04. The summed E-state index contributed by atoms with van der Waals surface area (Å²) in [6.45, 7) is 11.6. The third-order valence-corrected chi connectivity index (χ3v) is 3.10. The number of carbonyl (C=O) groups excluding carboxylic acids is 1. The van der Waals surface area contributed by atoms with E-state index in [1.165, 1.54) is 6.33 Å². The monoisotopic (exact) mass is 293 g/mol. The summed E-state index contributed by atoms with van der Waals surface area (Å²) in [5.74, 6) is 1.78. The van der Waals surface area contributed by atoms with E-state index < -0.39 is 0 Å². The number of aromatic nitrogens is 2. The van der Waals surface area contributed by atoms with E-state index in [1.807, 2.05) is 20.8 Å². The zero-order valence-electron chi connectivity index (χ0n) is 13.7. The van der Waals surface area contributed by atoms with Gasteiger partial charge in [-0.2, -0.15) is 0 Å². The molecule has 3 N–H and O–H groups in total. The molecule has 0 spiro atoms. The van der Waals surface area contributed by atoms with E-state index in [2.05, 4.69) is 39.8 Å². The molecule has 1 amide bonds. The molecule has 1 rings (SSSR count). The fourth-order valence-corrected chi connectivity index (χ4v) is 2.04. The zero-order valence-corrected chi connectivity index (χ0v) is 13.7. The summed E-state index contributed by atoms with van der Waals surface area (Å²) in [5.41, 5.74) is 1.01. The van der Waals surface area contributed by atoms with Gasteiger partial charge in [0, 0.05) is 18.7 Å². The largest absolute Gasteiger partial charge is 0.370 e. The van der Waals surface area contributed by atoms with Gasteiger partial charge in [-0.1, -0.05) is 20.8 Å². The molecule has 0 aliphatic heterocycles. The Bertz CT molecular complexity index is 461. The van der Waals surface area contributed by atoms with Gasteiger partial charge in [0.05, 0.1) is 0 Å². The van der Waals surface area contributed by atoms with Crippen LogP contribution in [-0.4, -0.2) is 35.0 Å². The number of amides is 1. The van der Waals surface area contributed by atoms with Crippen LogP contribution in [0.15, 0.2) is 6.33 Å². The highest BCUT2D eigenvalue weighted by molar-refractivity contribution is 5.84. The minimum absolute atomic E-state index is 0.0184. The van der Waals surface area contributed by atoms with Crippen molar-refractivity contribution < 1.29 is 4.79 Å². The zero-order chi connectivity index (χ0) is 15.8. The van der Waals surface area contributed by atoms with Gasteiger partial charge < -0.3 is 16.0 Å². The summed E-state index contributed by atoms with van der Waals surface area (Å²) in [6.07, 6.45) is 2.44. The number of anilines is 2. The molecule has 0 bridgehead atoms. The smallest absolute Gasteiger partial charge is 0.242 e. The van der Waals surface area contributed by atoms with E-state index in [0.29, 0.717) is 6.54 Å². The highest BCUT2D eigenvalue weighted by atomic mass is 16.2. The molecule has 0 radical (unpaired) electrons. The first-order chi connectivity index (χ1) is 10.0. The van der Waals surface area contributed by atoms with Crippen LogP contribution in [0, 0.1) is 0 Å². The Hall–Kier alpha value is -1.85. The molecule has 0 aliphatic rings. The summed E-state index contributed by atoms with van der Waals surface area (Å²) >= 11 is 0. The number of hydrogen-bond donors (Lipinski definition) is 3. The maximum absolute atomic E-state index is 12.0. The molecule has 1 aromatic heterocycles. The van der Waals surface area contributed by atoms with Crippen LogP contribution in [0.1, 0.15) is 52.5 Å². The van der Waals surface area contributed by atoms with Crippen molar-refractivity contribution in [1.82, 2.24) is 15.3 Å². The van der Waals surface area contributed by atoms with Crippen molar-refractivity contribution in [3.05, 3.63) is 11.9 Å². The fraction of sp³-hybridized carbons (Fsp3) is 0.667. The summed E-state index contributed by atoms with van der Waals surface area (Å²) in [5, 5.41) is 9.32. The SMILES string of the molecule is CCCNC(=O)C(C)Nc1ncnc(NCC)c1C(C)C. The van der Waals surface area contributed by atoms with E-state index >= 15 is 0 Å². The van der Waals surface area contributed by atoms with Crippen LogP contribution >= 0.6 is 0 Å². The van der Waals surface area contributed by atoms with Crippen LogP contribution in [0.4, 0.5) is 11.6 Å². The first-order valence-electron chi connectivity index (χ1n) is 7.64. The quantitative estimate of drug-likeness (QED) is 0.685. The number of hydrogen-bond acceptors (Lipinski definition) is 5. The number of nitrogens with zero attached hydrogens (tertiary/aromatic N) is 2. The van der Waals surface area contributed by atoms with E-state index in [1.54, 1.807) is 0 Å². The molecule has 118 valence electrons. The third-order valence-electron chi connectivity index (χ3n) is 3.10. The lowest BCUT2D eigenvalue weighted by atomic mass is 10.0. The van der Waals surface area contributed by atoms with Crippen LogP contribution in [0.25, 0.3) is 0 Å². The molecule has 0 fully saturated rings. The molecular weight excluding hydrogens is 266 g/mol. The Balaban J connectivity index is 2.91. The molecule has 0 saturated heterocycles. The van der Waals surface area contributed by atoms with Crippen molar-refractivity contribution in [3.8, 4) is 0 Å². The van der Waals surface area contributed by atoms with Crippen molar-refractivity contribution in [2.45, 2.75) is 53.0 Å². The molecule has 21 heavy (non-hydrogen) atoms. The number of carbonyl (C=O) groups is 1. The Morgan fingerprint density at radius 2 is 1.86 bits per heavy atom. The highest BCUT2D eigenvalue weighted by Gasteiger charge is 2.18. The average Bonchev–Trinajstić information content (AvgIpc) is 2.44. The molecule has 6 heteroatoms. The van der Waals surface area contributed by atoms with Crippen LogP contribution in [0.2, 0.25) is 0 Å². The molecule has 0 aromatic carbocycles. The summed E-state index contributed by atoms with van der Waals surface area (Å²) in [7, 11) is 0. The Kier molecular flexibility index (Phi) is 6.91. The summed E-state index contributed by atoms with van der Waals surface area (Å²) < 4.78 is 0. The molecule has 1 unspecified atom stereocenters. The molecular formula is C15H27N5O. The van der Waals surface area contributed by atoms with Crippen molar-refractivity contribution >= 4 is 17.5 Å². The van der Waals surface area contributed by atoms with Gasteiger partial charge in [-0.25, -0.2) is 9.97 Å². The minimum Gasteiger partial charge on any atom is -0.370 e. The molecule has 1 atom stereocenters. The molecule has 6 nitrogen and oxygen atoms in total. The van der Waals surface area contributed by atoms with Crippen LogP contribution in [0.5, 0.6) is 0 Å². The van der Waals surface area contributed by atoms with Gasteiger partial charge in [-0.3, -0.25) is 4.79 Å². The lowest BCUT2D eigenvalue weighted by Gasteiger charge is -2.20. The van der Waals surface area contributed by atoms with Crippen LogP contribution in [0.3, 0.4) is 0 Å². The number of nitrogens with one attached hydrogen (secondary N) is 3. The molecule has 1 aromatic rings. The van der Waals surface area contributed by atoms with E-state index in [-0.39, 0.29) is 17.9 Å². The van der Waals surface area contributed by atoms with Gasteiger partial charge in [-0.15, -0.1) is 0 Å². The van der Waals surface area contributed by atoms with Gasteiger partial charge in [0.15, 0.2) is 0 Å². The lowest BCUT2D eigenvalue weighted by molar-refractivity contribution is -0.121. The van der Waals surface area contributed by atoms with Gasteiger partial charge >= 0.3 is 0 Å². The normalized spacial score (nSPS) is 12.1. The van der Waals surface area contributed by atoms with Crippen molar-refractivity contribution in [2.75, 3.05) is 23.7 Å². The van der Waals surface area contributed by atoms with Crippen molar-refractivity contribution in [3.63, 3.8) is 0 Å². The molecule has 0 saturated carbocycles. The third kappa shape index (κ3) is 4.88. The van der Waals surface area contributed by atoms with Gasteiger partial charge in [-0.05, 0) is 26.2 Å². The standard InChI is InChI=1S/C15H27N5O/c1-6-8-17-15(21)11(5)20-14-12(10(3)4)13(16-7-2)18-9-19-14/h9-11H,6-8H2,1-5H3,(H,17,21)(H2,16,18,19,20). The highest BCUT2D eigenvalue weighted by Crippen LogP contribution is 2.28. The van der Waals surface area contributed by atoms with Crippen molar-refractivity contribution in [1.29, 1.82) is 0 Å². The average molecular weight is 293 g/mol. The number of rotatable bonds is 8. The van der Waals surface area contributed by atoms with Crippen molar-refractivity contribution in [2.24, 2.45) is 0 Å². The van der Waals surface area contributed by atoms with Crippen LogP contribution in [-0.2, 0) is 4.79 Å². The van der Waals surface area contributed by atoms with E-state index in [4.69, 9.17) is 0 Å². The first-order valence-corrected chi connectivity index (χ1v) is 7.64. The van der Waals surface area contributed by atoms with Gasteiger partial charge in [0.2, 0.25) is 5.91 Å². The maximum Gasteiger partial charge on any atom is 0.242 e. The van der Waals surface area contributed by atoms with Gasteiger partial charge in [0.1, 0.15) is 24.0 Å². The van der Waals surface area contributed by atoms with E-state index in [9.17, 15) is 4.79 Å². The topological polar surface area (TPSA) is 78.9 Å². The van der Waals surface area contributed by atoms with Crippen LogP contribution < -0.4 is 16.0 Å². The van der Waals surface area contributed by atoms with E-state index in [0.717, 1.165) is 30.2 Å². The minimum atomic E-state index is -0.335. The summed E-state index contributed by atoms with van der Waals surface area (Å²) in [6, 6.07) is -0.335. The van der Waals surface area contributed by atoms with Gasteiger partial charge in [0.25, 0.3) is 0 Å². The predicted octanol–water partition coefficient (Wildman–Crippen LogP) is 2.36. The Morgan fingerprint density at radius 1 is 1.19 bits per heavy atom.